The molecule has 0 aromatic carbocycles. The number of thiophene rings is 2. The van der Waals surface area contributed by atoms with E-state index in [-0.39, 0.29) is 11.5 Å². The maximum absolute atomic E-state index is 13.1. The van der Waals surface area contributed by atoms with E-state index in [0.29, 0.717) is 32.3 Å². The van der Waals surface area contributed by atoms with Gasteiger partial charge in [-0.05, 0) is 36.8 Å². The van der Waals surface area contributed by atoms with Crippen LogP contribution in [0.15, 0.2) is 27.7 Å². The van der Waals surface area contributed by atoms with E-state index in [1.165, 1.54) is 22.7 Å². The molecule has 1 N–H and O–H groups in total. The molecule has 0 bridgehead atoms. The summed E-state index contributed by atoms with van der Waals surface area (Å²) in [6, 6.07) is 3.98. The minimum Gasteiger partial charge on any atom is -0.297 e. The molecule has 0 saturated carbocycles. The second-order valence-electron chi connectivity index (χ2n) is 7.00. The predicted molar refractivity (Wildman–Crippen MR) is 120 cm³/mol. The van der Waals surface area contributed by atoms with Gasteiger partial charge in [-0.1, -0.05) is 12.5 Å². The molecule has 4 aromatic heterocycles. The molecule has 1 aliphatic heterocycles. The third kappa shape index (κ3) is 3.33. The molecule has 0 saturated heterocycles. The van der Waals surface area contributed by atoms with Crippen LogP contribution in [0.5, 0.6) is 0 Å². The Labute approximate surface area is 178 Å². The SMILES string of the molecule is Cc1c(C(=O)Nc2nc(-c3cccs3)cs2)sc2nc3n(c(=O)c12)CCCCC3. The molecule has 29 heavy (non-hydrogen) atoms. The van der Waals surface area contributed by atoms with Crippen molar-refractivity contribution >= 4 is 55.3 Å². The molecule has 4 aromatic rings. The summed E-state index contributed by atoms with van der Waals surface area (Å²) >= 11 is 4.30. The monoisotopic (exact) mass is 442 g/mol. The molecule has 0 fully saturated rings. The first-order chi connectivity index (χ1) is 14.1. The Bertz CT molecular complexity index is 1270. The van der Waals surface area contributed by atoms with E-state index >= 15 is 0 Å². The molecule has 5 rings (SSSR count). The van der Waals surface area contributed by atoms with Gasteiger partial charge >= 0.3 is 0 Å². The fourth-order valence-corrected chi connectivity index (χ4v) is 6.20. The first-order valence-electron chi connectivity index (χ1n) is 9.45. The van der Waals surface area contributed by atoms with Gasteiger partial charge in [-0.15, -0.1) is 34.0 Å². The summed E-state index contributed by atoms with van der Waals surface area (Å²) in [5, 5.41) is 7.95. The fraction of sp³-hybridized carbons (Fsp3) is 0.300. The zero-order valence-corrected chi connectivity index (χ0v) is 18.2. The maximum atomic E-state index is 13.1. The van der Waals surface area contributed by atoms with Crippen molar-refractivity contribution in [2.45, 2.75) is 39.2 Å². The number of rotatable bonds is 3. The van der Waals surface area contributed by atoms with E-state index in [9.17, 15) is 9.59 Å². The number of nitrogens with one attached hydrogen (secondary N) is 1. The second kappa shape index (κ2) is 7.47. The van der Waals surface area contributed by atoms with Crippen LogP contribution in [0.4, 0.5) is 5.13 Å². The van der Waals surface area contributed by atoms with E-state index in [1.54, 1.807) is 15.9 Å². The average Bonchev–Trinajstić information content (AvgIpc) is 3.40. The van der Waals surface area contributed by atoms with Gasteiger partial charge in [0.15, 0.2) is 5.13 Å². The first kappa shape index (κ1) is 18.7. The van der Waals surface area contributed by atoms with Crippen LogP contribution in [0.2, 0.25) is 0 Å². The van der Waals surface area contributed by atoms with Crippen molar-refractivity contribution in [1.82, 2.24) is 14.5 Å². The Morgan fingerprint density at radius 1 is 1.21 bits per heavy atom. The lowest BCUT2D eigenvalue weighted by Gasteiger charge is -2.08. The zero-order valence-electron chi connectivity index (χ0n) is 15.7. The maximum Gasteiger partial charge on any atom is 0.267 e. The molecule has 0 unspecified atom stereocenters. The Morgan fingerprint density at radius 2 is 2.10 bits per heavy atom. The molecule has 1 amide bonds. The number of anilines is 1. The van der Waals surface area contributed by atoms with Crippen LogP contribution < -0.4 is 10.9 Å². The van der Waals surface area contributed by atoms with Crippen LogP contribution in [0, 0.1) is 6.92 Å². The molecule has 6 nitrogen and oxygen atoms in total. The Kier molecular flexibility index (Phi) is 4.81. The summed E-state index contributed by atoms with van der Waals surface area (Å²) in [6.45, 7) is 2.54. The average molecular weight is 443 g/mol. The normalized spacial score (nSPS) is 14.0. The number of nitrogens with zero attached hydrogens (tertiary/aromatic N) is 3. The highest BCUT2D eigenvalue weighted by molar-refractivity contribution is 7.21. The van der Waals surface area contributed by atoms with E-state index in [2.05, 4.69) is 10.3 Å². The molecule has 0 atom stereocenters. The lowest BCUT2D eigenvalue weighted by Crippen LogP contribution is -2.24. The smallest absolute Gasteiger partial charge is 0.267 e. The van der Waals surface area contributed by atoms with Gasteiger partial charge in [0, 0.05) is 18.3 Å². The van der Waals surface area contributed by atoms with Crippen molar-refractivity contribution < 1.29 is 4.79 Å². The molecular formula is C20H18N4O2S3. The Hall–Kier alpha value is -2.36. The lowest BCUT2D eigenvalue weighted by molar-refractivity contribution is 0.103. The third-order valence-electron chi connectivity index (χ3n) is 5.12. The van der Waals surface area contributed by atoms with E-state index in [1.807, 2.05) is 29.8 Å². The highest BCUT2D eigenvalue weighted by Crippen LogP contribution is 2.31. The van der Waals surface area contributed by atoms with E-state index < -0.39 is 0 Å². The number of aromatic nitrogens is 3. The molecule has 148 valence electrons. The Morgan fingerprint density at radius 3 is 2.93 bits per heavy atom. The lowest BCUT2D eigenvalue weighted by atomic mass is 10.2. The fourth-order valence-electron chi connectivity index (χ4n) is 3.65. The number of carbonyl (C=O) groups is 1. The van der Waals surface area contributed by atoms with Gasteiger partial charge in [0.2, 0.25) is 0 Å². The number of fused-ring (bicyclic) bond motifs is 2. The Balaban J connectivity index is 1.49. The highest BCUT2D eigenvalue weighted by atomic mass is 32.1. The van der Waals surface area contributed by atoms with Crippen LogP contribution in [0.1, 0.15) is 40.3 Å². The van der Waals surface area contributed by atoms with Crippen molar-refractivity contribution in [2.75, 3.05) is 5.32 Å². The van der Waals surface area contributed by atoms with Gasteiger partial charge in [-0.2, -0.15) is 0 Å². The standard InChI is InChI=1S/C20H18N4O2S3/c1-11-15-18(22-14-7-3-2-4-8-24(14)19(15)26)29-16(11)17(25)23-20-21-12(10-28-20)13-6-5-9-27-13/h5-6,9-10H,2-4,7-8H2,1H3,(H,21,23,25). The van der Waals surface area contributed by atoms with Gasteiger partial charge in [0.25, 0.3) is 11.5 Å². The topological polar surface area (TPSA) is 76.9 Å². The van der Waals surface area contributed by atoms with Crippen molar-refractivity contribution in [3.8, 4) is 10.6 Å². The second-order valence-corrected chi connectivity index (χ2v) is 9.81. The summed E-state index contributed by atoms with van der Waals surface area (Å²) in [6.07, 6.45) is 3.97. The van der Waals surface area contributed by atoms with Crippen molar-refractivity contribution in [1.29, 1.82) is 0 Å². The van der Waals surface area contributed by atoms with Crippen LogP contribution in [-0.4, -0.2) is 20.4 Å². The van der Waals surface area contributed by atoms with Crippen molar-refractivity contribution in [3.63, 3.8) is 0 Å². The van der Waals surface area contributed by atoms with Gasteiger partial charge in [-0.25, -0.2) is 9.97 Å². The highest BCUT2D eigenvalue weighted by Gasteiger charge is 2.23. The molecule has 0 spiro atoms. The summed E-state index contributed by atoms with van der Waals surface area (Å²) < 4.78 is 1.80. The molecule has 0 aliphatic carbocycles. The number of aryl methyl sites for hydroxylation is 2. The van der Waals surface area contributed by atoms with Gasteiger partial charge in [-0.3, -0.25) is 19.5 Å². The third-order valence-corrected chi connectivity index (χ3v) is 7.95. The molecule has 0 radical (unpaired) electrons. The van der Waals surface area contributed by atoms with Gasteiger partial charge in [0.05, 0.1) is 20.8 Å². The van der Waals surface area contributed by atoms with Crippen molar-refractivity contribution in [2.24, 2.45) is 0 Å². The minimum atomic E-state index is -0.239. The summed E-state index contributed by atoms with van der Waals surface area (Å²) in [5.74, 6) is 0.603. The zero-order chi connectivity index (χ0) is 20.0. The molecular weight excluding hydrogens is 424 g/mol. The van der Waals surface area contributed by atoms with E-state index in [0.717, 1.165) is 42.1 Å². The summed E-state index contributed by atoms with van der Waals surface area (Å²) in [7, 11) is 0. The van der Waals surface area contributed by atoms with Crippen LogP contribution in [-0.2, 0) is 13.0 Å². The molecule has 9 heteroatoms. The number of amides is 1. The van der Waals surface area contributed by atoms with Gasteiger partial charge in [0.1, 0.15) is 10.7 Å². The van der Waals surface area contributed by atoms with Crippen LogP contribution in [0.25, 0.3) is 20.8 Å². The van der Waals surface area contributed by atoms with E-state index in [4.69, 9.17) is 4.98 Å². The van der Waals surface area contributed by atoms with Crippen molar-refractivity contribution in [3.05, 3.63) is 49.5 Å². The van der Waals surface area contributed by atoms with Gasteiger partial charge < -0.3 is 0 Å². The number of carbonyl (C=O) groups excluding carboxylic acids is 1. The van der Waals surface area contributed by atoms with Crippen LogP contribution in [0.3, 0.4) is 0 Å². The minimum absolute atomic E-state index is 0.0195. The number of hydrogen-bond donors (Lipinski definition) is 1. The largest absolute Gasteiger partial charge is 0.297 e. The van der Waals surface area contributed by atoms with Crippen LogP contribution >= 0.6 is 34.0 Å². The molecule has 5 heterocycles. The quantitative estimate of drug-likeness (QED) is 0.488. The molecule has 1 aliphatic rings. The summed E-state index contributed by atoms with van der Waals surface area (Å²) in [4.78, 5) is 37.5. The first-order valence-corrected chi connectivity index (χ1v) is 12.0. The predicted octanol–water partition coefficient (Wildman–Crippen LogP) is 4.93. The summed E-state index contributed by atoms with van der Waals surface area (Å²) in [5.41, 5.74) is 1.54. The number of hydrogen-bond acceptors (Lipinski definition) is 7. The number of thiazole rings is 1.